The molecule has 0 aliphatic heterocycles. The Bertz CT molecular complexity index is 461. The van der Waals surface area contributed by atoms with Crippen molar-refractivity contribution < 1.29 is 17.3 Å². The average molecular weight is 221 g/mol. The van der Waals surface area contributed by atoms with E-state index in [1.54, 1.807) is 20.8 Å². The minimum absolute atomic E-state index is 0.516. The third-order valence-electron chi connectivity index (χ3n) is 1.14. The highest BCUT2D eigenvalue weighted by Gasteiger charge is 2.25. The Labute approximate surface area is 81.0 Å². The van der Waals surface area contributed by atoms with Gasteiger partial charge in [-0.3, -0.25) is 0 Å². The van der Waals surface area contributed by atoms with Gasteiger partial charge >= 0.3 is 5.82 Å². The van der Waals surface area contributed by atoms with Crippen LogP contribution in [0.15, 0.2) is 25.0 Å². The molecule has 0 fully saturated rings. The van der Waals surface area contributed by atoms with E-state index in [4.69, 9.17) is 0 Å². The predicted molar refractivity (Wildman–Crippen MR) is 47.3 cm³/mol. The molecular formula is C7H11NO5S. The first kappa shape index (κ1) is 11.0. The van der Waals surface area contributed by atoms with Crippen LogP contribution in [0.4, 0.5) is 0 Å². The molecule has 0 bridgehead atoms. The lowest BCUT2D eigenvalue weighted by Gasteiger charge is -2.18. The molecule has 1 aromatic rings. The molecule has 0 radical (unpaired) electrons. The van der Waals surface area contributed by atoms with Gasteiger partial charge in [0.05, 0.1) is 0 Å². The van der Waals surface area contributed by atoms with E-state index >= 15 is 0 Å². The predicted octanol–water partition coefficient (Wildman–Crippen LogP) is 0.310. The molecule has 1 aromatic heterocycles. The topological polar surface area (TPSA) is 89.5 Å². The first-order chi connectivity index (χ1) is 6.21. The van der Waals surface area contributed by atoms with E-state index in [1.165, 1.54) is 0 Å². The van der Waals surface area contributed by atoms with Crippen molar-refractivity contribution in [1.29, 1.82) is 0 Å². The standard InChI is InChI=1S/C7H11NO5S/c1-7(2,3)8-14(10,11)5-4-12-6(9)13-5/h4,8H,1-3H3. The minimum Gasteiger partial charge on any atom is -0.398 e. The number of rotatable bonds is 2. The van der Waals surface area contributed by atoms with Crippen LogP contribution in [-0.4, -0.2) is 14.0 Å². The number of hydrogen-bond acceptors (Lipinski definition) is 5. The van der Waals surface area contributed by atoms with E-state index in [9.17, 15) is 13.2 Å². The molecule has 6 nitrogen and oxygen atoms in total. The van der Waals surface area contributed by atoms with Gasteiger partial charge in [0, 0.05) is 5.54 Å². The van der Waals surface area contributed by atoms with Crippen molar-refractivity contribution in [3.63, 3.8) is 0 Å². The van der Waals surface area contributed by atoms with Crippen LogP contribution in [0.1, 0.15) is 20.8 Å². The smallest absolute Gasteiger partial charge is 0.398 e. The summed E-state index contributed by atoms with van der Waals surface area (Å²) in [7, 11) is -3.81. The summed E-state index contributed by atoms with van der Waals surface area (Å²) in [6.07, 6.45) is 0.760. The molecule has 0 saturated carbocycles. The quantitative estimate of drug-likeness (QED) is 0.776. The summed E-state index contributed by atoms with van der Waals surface area (Å²) in [6, 6.07) is 0. The van der Waals surface area contributed by atoms with Crippen LogP contribution in [0, 0.1) is 0 Å². The molecule has 80 valence electrons. The van der Waals surface area contributed by atoms with Gasteiger partial charge in [-0.05, 0) is 20.8 Å². The Morgan fingerprint density at radius 3 is 2.29 bits per heavy atom. The molecule has 0 saturated heterocycles. The molecule has 0 amide bonds. The monoisotopic (exact) mass is 221 g/mol. The van der Waals surface area contributed by atoms with Crippen LogP contribution in [0.3, 0.4) is 0 Å². The summed E-state index contributed by atoms with van der Waals surface area (Å²) >= 11 is 0. The molecule has 0 atom stereocenters. The fourth-order valence-electron chi connectivity index (χ4n) is 0.798. The fraction of sp³-hybridized carbons (Fsp3) is 0.571. The zero-order valence-electron chi connectivity index (χ0n) is 8.03. The van der Waals surface area contributed by atoms with Crippen LogP contribution in [0.5, 0.6) is 0 Å². The van der Waals surface area contributed by atoms with Gasteiger partial charge in [0.1, 0.15) is 0 Å². The Kier molecular flexibility index (Phi) is 2.55. The Morgan fingerprint density at radius 2 is 1.93 bits per heavy atom. The Hall–Kier alpha value is -1.08. The zero-order valence-corrected chi connectivity index (χ0v) is 8.84. The summed E-state index contributed by atoms with van der Waals surface area (Å²) in [5.41, 5.74) is -0.644. The highest BCUT2D eigenvalue weighted by atomic mass is 32.2. The van der Waals surface area contributed by atoms with E-state index in [0.29, 0.717) is 0 Å². The van der Waals surface area contributed by atoms with Crippen LogP contribution < -0.4 is 10.5 Å². The largest absolute Gasteiger partial charge is 0.519 e. The van der Waals surface area contributed by atoms with Crippen molar-refractivity contribution in [1.82, 2.24) is 4.72 Å². The average Bonchev–Trinajstić information content (AvgIpc) is 2.29. The van der Waals surface area contributed by atoms with Crippen molar-refractivity contribution in [2.45, 2.75) is 31.4 Å². The Balaban J connectivity index is 3.04. The van der Waals surface area contributed by atoms with Crippen molar-refractivity contribution in [3.8, 4) is 0 Å². The number of nitrogens with one attached hydrogen (secondary N) is 1. The van der Waals surface area contributed by atoms with E-state index in [2.05, 4.69) is 13.6 Å². The van der Waals surface area contributed by atoms with Crippen LogP contribution in [0.25, 0.3) is 0 Å². The summed E-state index contributed by atoms with van der Waals surface area (Å²) in [4.78, 5) is 10.5. The van der Waals surface area contributed by atoms with Gasteiger partial charge in [-0.2, -0.15) is 0 Å². The maximum Gasteiger partial charge on any atom is 0.519 e. The van der Waals surface area contributed by atoms with Crippen molar-refractivity contribution in [2.24, 2.45) is 0 Å². The van der Waals surface area contributed by atoms with Crippen molar-refractivity contribution in [3.05, 3.63) is 16.9 Å². The summed E-state index contributed by atoms with van der Waals surface area (Å²) in [5, 5.41) is -0.516. The van der Waals surface area contributed by atoms with Gasteiger partial charge in [-0.25, -0.2) is 17.9 Å². The SMILES string of the molecule is CC(C)(C)NS(=O)(=O)c1coc(=O)o1. The van der Waals surface area contributed by atoms with E-state index in [-0.39, 0.29) is 0 Å². The van der Waals surface area contributed by atoms with Gasteiger partial charge in [0.25, 0.3) is 15.1 Å². The molecule has 0 unspecified atom stereocenters. The lowest BCUT2D eigenvalue weighted by atomic mass is 10.1. The van der Waals surface area contributed by atoms with Crippen molar-refractivity contribution in [2.75, 3.05) is 0 Å². The first-order valence-electron chi connectivity index (χ1n) is 3.83. The Morgan fingerprint density at radius 1 is 1.36 bits per heavy atom. The molecule has 7 heteroatoms. The van der Waals surface area contributed by atoms with E-state index < -0.39 is 26.5 Å². The molecule has 0 aliphatic carbocycles. The molecule has 1 N–H and O–H groups in total. The molecule has 14 heavy (non-hydrogen) atoms. The van der Waals surface area contributed by atoms with Gasteiger partial charge in [-0.15, -0.1) is 0 Å². The van der Waals surface area contributed by atoms with Crippen LogP contribution >= 0.6 is 0 Å². The maximum atomic E-state index is 11.5. The normalized spacial score (nSPS) is 13.1. The van der Waals surface area contributed by atoms with Gasteiger partial charge in [-0.1, -0.05) is 0 Å². The second-order valence-corrected chi connectivity index (χ2v) is 5.38. The second-order valence-electron chi connectivity index (χ2n) is 3.76. The number of sulfonamides is 1. The highest BCUT2D eigenvalue weighted by Crippen LogP contribution is 2.10. The van der Waals surface area contributed by atoms with Gasteiger partial charge in [0.2, 0.25) is 0 Å². The molecule has 0 spiro atoms. The van der Waals surface area contributed by atoms with Gasteiger partial charge in [0.15, 0.2) is 6.26 Å². The second kappa shape index (κ2) is 3.25. The zero-order chi connectivity index (χ0) is 11.0. The first-order valence-corrected chi connectivity index (χ1v) is 5.32. The third kappa shape index (κ3) is 2.71. The number of hydrogen-bond donors (Lipinski definition) is 1. The lowest BCUT2D eigenvalue weighted by Crippen LogP contribution is -2.40. The molecule has 1 rings (SSSR count). The van der Waals surface area contributed by atoms with Crippen LogP contribution in [-0.2, 0) is 10.0 Å². The molecule has 1 heterocycles. The molecular weight excluding hydrogens is 210 g/mol. The summed E-state index contributed by atoms with van der Waals surface area (Å²) in [6.45, 7) is 5.01. The van der Waals surface area contributed by atoms with E-state index in [0.717, 1.165) is 6.26 Å². The van der Waals surface area contributed by atoms with Gasteiger partial charge < -0.3 is 8.83 Å². The molecule has 0 aliphatic rings. The van der Waals surface area contributed by atoms with Crippen molar-refractivity contribution >= 4 is 10.0 Å². The molecule has 0 aromatic carbocycles. The highest BCUT2D eigenvalue weighted by molar-refractivity contribution is 7.89. The minimum atomic E-state index is -3.81. The summed E-state index contributed by atoms with van der Waals surface area (Å²) in [5.74, 6) is -1.04. The third-order valence-corrected chi connectivity index (χ3v) is 2.73. The fourth-order valence-corrected chi connectivity index (χ4v) is 2.06. The lowest BCUT2D eigenvalue weighted by molar-refractivity contribution is 0.350. The van der Waals surface area contributed by atoms with E-state index in [1.807, 2.05) is 0 Å². The maximum absolute atomic E-state index is 11.5. The van der Waals surface area contributed by atoms with Crippen LogP contribution in [0.2, 0.25) is 0 Å². The summed E-state index contributed by atoms with van der Waals surface area (Å²) < 4.78 is 33.8.